The molecule has 3 N–H and O–H groups in total. The zero-order valence-corrected chi connectivity index (χ0v) is 24.6. The van der Waals surface area contributed by atoms with E-state index in [1.807, 2.05) is 0 Å². The van der Waals surface area contributed by atoms with Crippen molar-refractivity contribution in [3.63, 3.8) is 0 Å². The summed E-state index contributed by atoms with van der Waals surface area (Å²) < 4.78 is 40.0. The van der Waals surface area contributed by atoms with Crippen molar-refractivity contribution < 1.29 is 27.8 Å². The number of anilines is 2. The predicted molar refractivity (Wildman–Crippen MR) is 152 cm³/mol. The molecule has 1 aliphatic carbocycles. The van der Waals surface area contributed by atoms with Crippen LogP contribution in [-0.2, 0) is 9.47 Å². The molecule has 3 heterocycles. The lowest BCUT2D eigenvalue weighted by molar-refractivity contribution is 0.0582. The number of fused-ring (bicyclic) bond motifs is 3. The highest BCUT2D eigenvalue weighted by Gasteiger charge is 2.48. The van der Waals surface area contributed by atoms with Crippen molar-refractivity contribution in [2.24, 2.45) is 11.1 Å². The third-order valence-electron chi connectivity index (χ3n) is 6.85. The molecule has 1 saturated heterocycles. The number of rotatable bonds is 2. The molecule has 12 heteroatoms. The van der Waals surface area contributed by atoms with E-state index in [4.69, 9.17) is 22.1 Å². The van der Waals surface area contributed by atoms with Crippen LogP contribution in [0.25, 0.3) is 21.9 Å². The van der Waals surface area contributed by atoms with E-state index in [1.54, 1.807) is 41.5 Å². The molecule has 1 aromatic carbocycles. The molecule has 5 rings (SSSR count). The van der Waals surface area contributed by atoms with Crippen molar-refractivity contribution in [3.05, 3.63) is 28.9 Å². The predicted octanol–water partition coefficient (Wildman–Crippen LogP) is 6.89. The number of hydrogen-bond donors (Lipinski definition) is 2. The van der Waals surface area contributed by atoms with Gasteiger partial charge in [0.05, 0.1) is 38.9 Å². The fourth-order valence-corrected chi connectivity index (χ4v) is 5.18. The molecule has 0 atom stereocenters. The van der Waals surface area contributed by atoms with Crippen LogP contribution in [0.15, 0.2) is 12.3 Å². The minimum absolute atomic E-state index is 0.0344. The number of pyridine rings is 1. The van der Waals surface area contributed by atoms with Gasteiger partial charge in [0, 0.05) is 26.2 Å². The first-order chi connectivity index (χ1) is 18.4. The van der Waals surface area contributed by atoms with Gasteiger partial charge in [-0.2, -0.15) is 0 Å². The number of amides is 2. The largest absolute Gasteiger partial charge is 0.444 e. The van der Waals surface area contributed by atoms with Crippen LogP contribution in [0.5, 0.6) is 0 Å². The minimum atomic E-state index is -1.06. The molecular formula is C28H36ClF2N5O4. The summed E-state index contributed by atoms with van der Waals surface area (Å²) in [4.78, 5) is 33.4. The second kappa shape index (κ2) is 10.2. The van der Waals surface area contributed by atoms with Crippen LogP contribution in [-0.4, -0.2) is 53.5 Å². The summed E-state index contributed by atoms with van der Waals surface area (Å²) in [6.07, 6.45) is 3.54. The number of aromatic amines is 1. The Hall–Kier alpha value is -3.34. The molecule has 2 aromatic heterocycles. The van der Waals surface area contributed by atoms with Crippen molar-refractivity contribution in [2.75, 3.05) is 29.9 Å². The van der Waals surface area contributed by atoms with Crippen LogP contribution in [0, 0.1) is 17.0 Å². The Morgan fingerprint density at radius 3 is 2.23 bits per heavy atom. The molecule has 0 radical (unpaired) electrons. The smallest absolute Gasteiger partial charge is 0.414 e. The van der Waals surface area contributed by atoms with Crippen LogP contribution in [0.4, 0.5) is 29.7 Å². The number of halogens is 3. The van der Waals surface area contributed by atoms with Gasteiger partial charge >= 0.3 is 12.2 Å². The third kappa shape index (κ3) is 6.19. The van der Waals surface area contributed by atoms with E-state index in [9.17, 15) is 14.0 Å². The molecule has 3 aromatic rings. The Kier molecular flexibility index (Phi) is 7.59. The first-order valence-corrected chi connectivity index (χ1v) is 13.5. The number of aromatic nitrogens is 2. The molecule has 1 spiro atoms. The minimum Gasteiger partial charge on any atom is -0.444 e. The van der Waals surface area contributed by atoms with Crippen molar-refractivity contribution in [1.29, 1.82) is 0 Å². The molecule has 0 unspecified atom stereocenters. The number of carbonyl (C=O) groups excluding carboxylic acids is 2. The average Bonchev–Trinajstić information content (AvgIpc) is 3.26. The van der Waals surface area contributed by atoms with Crippen molar-refractivity contribution in [3.8, 4) is 0 Å². The first-order valence-electron chi connectivity index (χ1n) is 13.1. The van der Waals surface area contributed by atoms with E-state index in [1.165, 1.54) is 31.0 Å². The number of ether oxygens (including phenoxy) is 2. The number of nitrogens with zero attached hydrogens (tertiary/aromatic N) is 3. The highest BCUT2D eigenvalue weighted by molar-refractivity contribution is 6.36. The van der Waals surface area contributed by atoms with E-state index >= 15 is 4.39 Å². The van der Waals surface area contributed by atoms with E-state index < -0.39 is 35.0 Å². The van der Waals surface area contributed by atoms with Gasteiger partial charge in [0.15, 0.2) is 11.6 Å². The molecule has 40 heavy (non-hydrogen) atoms. The number of nitrogens with one attached hydrogen (secondary N) is 1. The molecule has 2 aliphatic rings. The van der Waals surface area contributed by atoms with E-state index in [-0.39, 0.29) is 16.6 Å². The van der Waals surface area contributed by atoms with E-state index in [0.717, 1.165) is 25.6 Å². The summed E-state index contributed by atoms with van der Waals surface area (Å²) in [6, 6.07) is 0.993. The highest BCUT2D eigenvalue weighted by Crippen LogP contribution is 2.55. The van der Waals surface area contributed by atoms with Gasteiger partial charge in [-0.05, 0) is 66.2 Å². The van der Waals surface area contributed by atoms with Gasteiger partial charge in [-0.1, -0.05) is 11.6 Å². The summed E-state index contributed by atoms with van der Waals surface area (Å²) in [6.45, 7) is 12.1. The van der Waals surface area contributed by atoms with Gasteiger partial charge in [0.25, 0.3) is 0 Å². The lowest BCUT2D eigenvalue weighted by atomic mass is 10.1. The van der Waals surface area contributed by atoms with E-state index in [0.29, 0.717) is 27.2 Å². The van der Waals surface area contributed by atoms with Crippen molar-refractivity contribution in [1.82, 2.24) is 9.97 Å². The van der Waals surface area contributed by atoms with Gasteiger partial charge in [-0.25, -0.2) is 23.4 Å². The Bertz CT molecular complexity index is 1470. The molecule has 2 fully saturated rings. The Morgan fingerprint density at radius 1 is 1.10 bits per heavy atom. The van der Waals surface area contributed by atoms with Gasteiger partial charge in [-0.3, -0.25) is 4.90 Å². The van der Waals surface area contributed by atoms with Gasteiger partial charge in [0.2, 0.25) is 0 Å². The average molecular weight is 580 g/mol. The van der Waals surface area contributed by atoms with Crippen LogP contribution < -0.4 is 15.5 Å². The first kappa shape index (κ1) is 29.6. The lowest BCUT2D eigenvalue weighted by Crippen LogP contribution is -2.34. The van der Waals surface area contributed by atoms with Crippen LogP contribution in [0.2, 0.25) is 5.02 Å². The number of H-pyrrole nitrogens is 1. The molecule has 9 nitrogen and oxygen atoms in total. The van der Waals surface area contributed by atoms with Crippen molar-refractivity contribution >= 4 is 57.1 Å². The SMILES string of the molecule is CC(C)(C)OC(N)=O.CN(C(=O)OC(C)(C)C)c1cc(F)c(F)c2c1[nH]c1ncc(Cl)c(N3CCC4(CC4)C3)c12. The fraction of sp³-hybridized carbons (Fsp3) is 0.536. The summed E-state index contributed by atoms with van der Waals surface area (Å²) in [7, 11) is 1.46. The standard InChI is InChI=1S/C23H25ClF2N4O2.C5H11NO2/c1-22(2,3)32-21(31)29(4)14-9-13(25)17(26)15-16-19(30-8-7-23(11-30)5-6-23)12(24)10-27-20(16)28-18(14)15;1-5(2,3)8-4(6)7/h9-10H,5-8,11H2,1-4H3,(H,27,28);1-3H3,(H2,6,7). The number of hydrogen-bond acceptors (Lipinski definition) is 6. The molecule has 1 saturated carbocycles. The zero-order chi connectivity index (χ0) is 29.8. The maximum absolute atomic E-state index is 15.2. The van der Waals surface area contributed by atoms with Gasteiger partial charge in [0.1, 0.15) is 16.8 Å². The number of benzene rings is 1. The van der Waals surface area contributed by atoms with Gasteiger partial charge in [-0.15, -0.1) is 0 Å². The monoisotopic (exact) mass is 579 g/mol. The van der Waals surface area contributed by atoms with Gasteiger partial charge < -0.3 is 25.1 Å². The third-order valence-corrected chi connectivity index (χ3v) is 7.12. The summed E-state index contributed by atoms with van der Waals surface area (Å²) in [5, 5.41) is 0.856. The van der Waals surface area contributed by atoms with Crippen LogP contribution in [0.3, 0.4) is 0 Å². The molecule has 1 aliphatic heterocycles. The summed E-state index contributed by atoms with van der Waals surface area (Å²) >= 11 is 6.55. The number of nitrogens with two attached hydrogens (primary N) is 1. The lowest BCUT2D eigenvalue weighted by Gasteiger charge is -2.25. The number of primary amides is 1. The molecule has 218 valence electrons. The Morgan fingerprint density at radius 2 is 1.73 bits per heavy atom. The molecule has 0 bridgehead atoms. The molecule has 2 amide bonds. The summed E-state index contributed by atoms with van der Waals surface area (Å²) in [5.74, 6) is -2.06. The second-order valence-electron chi connectivity index (χ2n) is 12.5. The Labute approximate surface area is 236 Å². The maximum atomic E-state index is 15.2. The molecular weight excluding hydrogens is 544 g/mol. The summed E-state index contributed by atoms with van der Waals surface area (Å²) in [5.41, 5.74) is 5.32. The normalized spacial score (nSPS) is 16.2. The van der Waals surface area contributed by atoms with E-state index in [2.05, 4.69) is 19.6 Å². The van der Waals surface area contributed by atoms with Crippen LogP contribution in [0.1, 0.15) is 60.8 Å². The number of carbonyl (C=O) groups is 2. The zero-order valence-electron chi connectivity index (χ0n) is 23.9. The quantitative estimate of drug-likeness (QED) is 0.342. The van der Waals surface area contributed by atoms with Crippen molar-refractivity contribution in [2.45, 2.75) is 72.0 Å². The topological polar surface area (TPSA) is 114 Å². The van der Waals surface area contributed by atoms with Crippen LogP contribution >= 0.6 is 11.6 Å². The second-order valence-corrected chi connectivity index (χ2v) is 12.9. The maximum Gasteiger partial charge on any atom is 0.414 e. The Balaban J connectivity index is 0.000000406. The fourth-order valence-electron chi connectivity index (χ4n) is 4.92. The highest BCUT2D eigenvalue weighted by atomic mass is 35.5.